The predicted molar refractivity (Wildman–Crippen MR) is 130 cm³/mol. The molecule has 0 saturated heterocycles. The van der Waals surface area contributed by atoms with Crippen LogP contribution in [0.15, 0.2) is 59.5 Å². The zero-order valence-corrected chi connectivity index (χ0v) is 20.4. The average molecular weight is 467 g/mol. The molecule has 7 nitrogen and oxygen atoms in total. The number of likely N-dealkylation sites (N-methyl/N-ethyl adjacent to an activating group) is 1. The van der Waals surface area contributed by atoms with Crippen LogP contribution in [-0.2, 0) is 21.4 Å². The average Bonchev–Trinajstić information content (AvgIpc) is 3.04. The van der Waals surface area contributed by atoms with Crippen LogP contribution in [0.4, 0.5) is 0 Å². The molecule has 0 fully saturated rings. The highest BCUT2D eigenvalue weighted by molar-refractivity contribution is 7.89. The van der Waals surface area contributed by atoms with Crippen molar-refractivity contribution < 1.29 is 13.2 Å². The summed E-state index contributed by atoms with van der Waals surface area (Å²) in [7, 11) is -2.04. The Balaban J connectivity index is 1.73. The summed E-state index contributed by atoms with van der Waals surface area (Å²) < 4.78 is 24.8. The molecular formula is C25H30N4O3S. The van der Waals surface area contributed by atoms with Gasteiger partial charge >= 0.3 is 0 Å². The topological polar surface area (TPSA) is 98.3 Å². The Kier molecular flexibility index (Phi) is 7.19. The van der Waals surface area contributed by atoms with Crippen LogP contribution >= 0.6 is 0 Å². The number of hydrogen-bond donors (Lipinski definition) is 1. The van der Waals surface area contributed by atoms with Crippen LogP contribution in [0.3, 0.4) is 0 Å². The first kappa shape index (κ1) is 24.4. The first-order valence-electron chi connectivity index (χ1n) is 10.6. The Morgan fingerprint density at radius 1 is 1.09 bits per heavy atom. The standard InChI is InChI=1S/C25H30N4O3S/c1-17-6-8-21(9-7-17)16-29-20(4)24(18(2)27-29)14-15-25(30)28(5)19(3)22-10-12-23(13-11-22)33(26,31)32/h6-15,19H,16H2,1-5H3,(H2,26,31,32)/b15-14+. The Labute approximate surface area is 195 Å². The van der Waals surface area contributed by atoms with E-state index in [4.69, 9.17) is 5.14 Å². The van der Waals surface area contributed by atoms with Gasteiger partial charge in [0, 0.05) is 24.4 Å². The minimum absolute atomic E-state index is 0.0425. The van der Waals surface area contributed by atoms with E-state index in [-0.39, 0.29) is 16.8 Å². The zero-order chi connectivity index (χ0) is 24.3. The van der Waals surface area contributed by atoms with Crippen molar-refractivity contribution in [2.45, 2.75) is 45.2 Å². The van der Waals surface area contributed by atoms with Gasteiger partial charge in [0.05, 0.1) is 23.2 Å². The fourth-order valence-corrected chi connectivity index (χ4v) is 4.11. The van der Waals surface area contributed by atoms with Crippen LogP contribution in [0.2, 0.25) is 0 Å². The monoisotopic (exact) mass is 466 g/mol. The first-order valence-corrected chi connectivity index (χ1v) is 12.2. The quantitative estimate of drug-likeness (QED) is 0.536. The maximum absolute atomic E-state index is 12.8. The van der Waals surface area contributed by atoms with E-state index in [1.165, 1.54) is 23.3 Å². The molecule has 1 amide bonds. The third-order valence-corrected chi connectivity index (χ3v) is 6.83. The zero-order valence-electron chi connectivity index (χ0n) is 19.6. The number of nitrogens with two attached hydrogens (primary N) is 1. The van der Waals surface area contributed by atoms with Crippen LogP contribution < -0.4 is 5.14 Å². The molecule has 0 radical (unpaired) electrons. The van der Waals surface area contributed by atoms with Crippen molar-refractivity contribution in [3.8, 4) is 0 Å². The molecule has 2 N–H and O–H groups in total. The van der Waals surface area contributed by atoms with E-state index in [2.05, 4.69) is 36.3 Å². The number of carbonyl (C=O) groups is 1. The molecule has 0 aliphatic carbocycles. The van der Waals surface area contributed by atoms with Gasteiger partial charge in [-0.2, -0.15) is 5.10 Å². The Bertz CT molecular complexity index is 1270. The van der Waals surface area contributed by atoms with Crippen molar-refractivity contribution in [1.82, 2.24) is 14.7 Å². The molecule has 8 heteroatoms. The first-order chi connectivity index (χ1) is 15.5. The van der Waals surface area contributed by atoms with Crippen molar-refractivity contribution in [1.29, 1.82) is 0 Å². The maximum atomic E-state index is 12.8. The van der Waals surface area contributed by atoms with Crippen LogP contribution in [0.25, 0.3) is 6.08 Å². The lowest BCUT2D eigenvalue weighted by atomic mass is 10.1. The van der Waals surface area contributed by atoms with E-state index in [0.29, 0.717) is 6.54 Å². The SMILES string of the molecule is Cc1ccc(Cn2nc(C)c(/C=C/C(=O)N(C)C(C)c3ccc(S(N)(=O)=O)cc3)c2C)cc1. The molecule has 0 saturated carbocycles. The normalized spacial score (nSPS) is 12.8. The van der Waals surface area contributed by atoms with Gasteiger partial charge in [-0.05, 0) is 57.0 Å². The number of nitrogens with zero attached hydrogens (tertiary/aromatic N) is 3. The Morgan fingerprint density at radius 3 is 2.27 bits per heavy atom. The molecule has 0 spiro atoms. The molecular weight excluding hydrogens is 436 g/mol. The van der Waals surface area contributed by atoms with Gasteiger partial charge in [0.1, 0.15) is 0 Å². The van der Waals surface area contributed by atoms with Crippen LogP contribution in [0.1, 0.15) is 46.6 Å². The summed E-state index contributed by atoms with van der Waals surface area (Å²) in [6.07, 6.45) is 3.35. The van der Waals surface area contributed by atoms with Gasteiger partial charge < -0.3 is 4.90 Å². The van der Waals surface area contributed by atoms with E-state index in [1.807, 2.05) is 25.5 Å². The third kappa shape index (κ3) is 5.77. The highest BCUT2D eigenvalue weighted by atomic mass is 32.2. The van der Waals surface area contributed by atoms with Crippen LogP contribution in [0, 0.1) is 20.8 Å². The lowest BCUT2D eigenvalue weighted by Crippen LogP contribution is -2.28. The number of sulfonamides is 1. The number of primary sulfonamides is 1. The second-order valence-electron chi connectivity index (χ2n) is 8.30. The number of aryl methyl sites for hydroxylation is 2. The second kappa shape index (κ2) is 9.72. The summed E-state index contributed by atoms with van der Waals surface area (Å²) >= 11 is 0. The predicted octanol–water partition coefficient (Wildman–Crippen LogP) is 3.74. The Morgan fingerprint density at radius 2 is 1.70 bits per heavy atom. The number of rotatable bonds is 7. The number of amides is 1. The van der Waals surface area contributed by atoms with Crippen molar-refractivity contribution >= 4 is 22.0 Å². The van der Waals surface area contributed by atoms with Gasteiger partial charge in [-0.15, -0.1) is 0 Å². The maximum Gasteiger partial charge on any atom is 0.246 e. The molecule has 1 atom stereocenters. The van der Waals surface area contributed by atoms with Gasteiger partial charge in [-0.25, -0.2) is 13.6 Å². The van der Waals surface area contributed by atoms with Crippen molar-refractivity contribution in [2.75, 3.05) is 7.05 Å². The summed E-state index contributed by atoms with van der Waals surface area (Å²) in [5.41, 5.74) is 5.97. The number of carbonyl (C=O) groups excluding carboxylic acids is 1. The molecule has 33 heavy (non-hydrogen) atoms. The van der Waals surface area contributed by atoms with Crippen LogP contribution in [-0.4, -0.2) is 36.1 Å². The fraction of sp³-hybridized carbons (Fsp3) is 0.280. The lowest BCUT2D eigenvalue weighted by Gasteiger charge is -2.24. The summed E-state index contributed by atoms with van der Waals surface area (Å²) in [5.74, 6) is -0.164. The molecule has 0 aliphatic heterocycles. The summed E-state index contributed by atoms with van der Waals surface area (Å²) in [4.78, 5) is 14.4. The molecule has 3 aromatic rings. The molecule has 1 heterocycles. The van der Waals surface area contributed by atoms with E-state index >= 15 is 0 Å². The van der Waals surface area contributed by atoms with E-state index < -0.39 is 10.0 Å². The summed E-state index contributed by atoms with van der Waals surface area (Å²) in [6.45, 7) is 8.54. The highest BCUT2D eigenvalue weighted by Gasteiger charge is 2.17. The number of benzene rings is 2. The smallest absolute Gasteiger partial charge is 0.246 e. The summed E-state index contributed by atoms with van der Waals surface area (Å²) in [6, 6.07) is 14.3. The van der Waals surface area contributed by atoms with Gasteiger partial charge in [-0.3, -0.25) is 9.48 Å². The number of aromatic nitrogens is 2. The molecule has 3 rings (SSSR count). The second-order valence-corrected chi connectivity index (χ2v) is 9.86. The Hall–Kier alpha value is -3.23. The largest absolute Gasteiger partial charge is 0.335 e. The van der Waals surface area contributed by atoms with Gasteiger partial charge in [-0.1, -0.05) is 42.0 Å². The van der Waals surface area contributed by atoms with E-state index in [9.17, 15) is 13.2 Å². The fourth-order valence-electron chi connectivity index (χ4n) is 3.60. The molecule has 0 bridgehead atoms. The molecule has 1 unspecified atom stereocenters. The van der Waals surface area contributed by atoms with E-state index in [0.717, 1.165) is 22.5 Å². The minimum Gasteiger partial charge on any atom is -0.335 e. The van der Waals surface area contributed by atoms with Gasteiger partial charge in [0.15, 0.2) is 0 Å². The van der Waals surface area contributed by atoms with Gasteiger partial charge in [0.25, 0.3) is 0 Å². The minimum atomic E-state index is -3.75. The van der Waals surface area contributed by atoms with Crippen molar-refractivity contribution in [3.63, 3.8) is 0 Å². The molecule has 2 aromatic carbocycles. The van der Waals surface area contributed by atoms with Gasteiger partial charge in [0.2, 0.25) is 15.9 Å². The molecule has 0 aliphatic rings. The number of hydrogen-bond acceptors (Lipinski definition) is 4. The van der Waals surface area contributed by atoms with E-state index in [1.54, 1.807) is 36.2 Å². The molecule has 1 aromatic heterocycles. The highest BCUT2D eigenvalue weighted by Crippen LogP contribution is 2.22. The lowest BCUT2D eigenvalue weighted by molar-refractivity contribution is -0.126. The van der Waals surface area contributed by atoms with Crippen LogP contribution in [0.5, 0.6) is 0 Å². The van der Waals surface area contributed by atoms with Crippen molar-refractivity contribution in [3.05, 3.63) is 88.2 Å². The summed E-state index contributed by atoms with van der Waals surface area (Å²) in [5, 5.41) is 9.80. The van der Waals surface area contributed by atoms with Crippen molar-refractivity contribution in [2.24, 2.45) is 5.14 Å². The molecule has 174 valence electrons. The third-order valence-electron chi connectivity index (χ3n) is 5.90.